The number of carbonyl (C=O) groups is 1. The smallest absolute Gasteiger partial charge is 0.349 e. The van der Waals surface area contributed by atoms with Gasteiger partial charge in [0.25, 0.3) is 5.89 Å². The van der Waals surface area contributed by atoms with Gasteiger partial charge in [0, 0.05) is 113 Å². The van der Waals surface area contributed by atoms with Crippen molar-refractivity contribution < 1.29 is 51.0 Å². The SMILES string of the molecule is C.CCC1CCCCN1Cc1c(O)ccc2cc(-c3nc4ccccc4s3)c(=O)oc12.CCN(CC)c1ccc2cc(-c3nc4ccccc4o3)c(=O)oc2c1.CCN(CC)c1ccc2cc(-c3nnc(-c4cccnc4)o3)c(=O)oc2c1.COc1ccc2c(c1)c(=O)oc1c(C)c(OC(C(=O)O)c3ccccc3)ccc12. The van der Waals surface area contributed by atoms with Crippen LogP contribution in [0.15, 0.2) is 246 Å². The van der Waals surface area contributed by atoms with Crippen molar-refractivity contribution in [3.63, 3.8) is 0 Å². The zero-order valence-electron chi connectivity index (χ0n) is 62.0. The zero-order chi connectivity index (χ0) is 77.4. The lowest BCUT2D eigenvalue weighted by molar-refractivity contribution is -0.145. The molecule has 0 amide bonds. The van der Waals surface area contributed by atoms with E-state index in [1.807, 2.05) is 97.1 Å². The Hall–Kier alpha value is -13.1. The Morgan fingerprint density at radius 1 is 0.580 bits per heavy atom. The number of aliphatic carboxylic acids is 1. The van der Waals surface area contributed by atoms with Crippen molar-refractivity contribution in [3.8, 4) is 62.2 Å². The van der Waals surface area contributed by atoms with Crippen LogP contribution in [0, 0.1) is 6.92 Å². The second-order valence-electron chi connectivity index (χ2n) is 26.4. The third kappa shape index (κ3) is 16.3. The van der Waals surface area contributed by atoms with Gasteiger partial charge in [-0.05, 0) is 182 Å². The van der Waals surface area contributed by atoms with Gasteiger partial charge in [-0.1, -0.05) is 75.4 Å². The summed E-state index contributed by atoms with van der Waals surface area (Å²) in [5.41, 5.74) is 7.83. The van der Waals surface area contributed by atoms with Crippen LogP contribution in [0.5, 0.6) is 17.2 Å². The molecule has 23 nitrogen and oxygen atoms in total. The van der Waals surface area contributed by atoms with Crippen LogP contribution in [-0.4, -0.2) is 92.1 Å². The van der Waals surface area contributed by atoms with Gasteiger partial charge in [0.1, 0.15) is 61.2 Å². The molecule has 17 rings (SSSR count). The van der Waals surface area contributed by atoms with Crippen molar-refractivity contribution in [1.82, 2.24) is 30.0 Å². The summed E-state index contributed by atoms with van der Waals surface area (Å²) in [5.74, 6) is 0.677. The van der Waals surface area contributed by atoms with E-state index < -0.39 is 34.6 Å². The number of carboxylic acids is 1. The number of piperidine rings is 1. The van der Waals surface area contributed by atoms with Crippen LogP contribution in [0.4, 0.5) is 11.4 Å². The number of benzene rings is 8. The van der Waals surface area contributed by atoms with Gasteiger partial charge in [0.2, 0.25) is 17.9 Å². The van der Waals surface area contributed by atoms with Crippen molar-refractivity contribution in [2.24, 2.45) is 0 Å². The van der Waals surface area contributed by atoms with Gasteiger partial charge in [-0.3, -0.25) is 9.88 Å². The molecular weight excluding hydrogens is 1440 g/mol. The number of likely N-dealkylation sites (tertiary alicyclic amines) is 1. The number of phenols is 1. The molecule has 112 heavy (non-hydrogen) atoms. The third-order valence-corrected chi connectivity index (χ3v) is 20.8. The van der Waals surface area contributed by atoms with Crippen molar-refractivity contribution in [2.45, 2.75) is 93.3 Å². The predicted octanol–water partition coefficient (Wildman–Crippen LogP) is 18.8. The molecular formula is C88H82N8O15S. The number of para-hydroxylation sites is 3. The number of aromatic nitrogens is 5. The van der Waals surface area contributed by atoms with E-state index in [1.54, 1.807) is 110 Å². The average Bonchev–Trinajstić information content (AvgIpc) is 0.989. The maximum atomic E-state index is 12.9. The molecule has 16 aromatic rings. The lowest BCUT2D eigenvalue weighted by atomic mass is 9.98. The third-order valence-electron chi connectivity index (χ3n) is 19.7. The monoisotopic (exact) mass is 1520 g/mol. The highest BCUT2D eigenvalue weighted by Crippen LogP contribution is 2.38. The van der Waals surface area contributed by atoms with E-state index in [0.29, 0.717) is 107 Å². The molecule has 570 valence electrons. The molecule has 1 aliphatic rings. The lowest BCUT2D eigenvalue weighted by Crippen LogP contribution is -2.38. The molecule has 0 saturated carbocycles. The summed E-state index contributed by atoms with van der Waals surface area (Å²) in [6.07, 6.45) is 6.76. The maximum Gasteiger partial charge on any atom is 0.349 e. The predicted molar refractivity (Wildman–Crippen MR) is 438 cm³/mol. The van der Waals surface area contributed by atoms with E-state index in [1.165, 1.54) is 31.3 Å². The van der Waals surface area contributed by atoms with Gasteiger partial charge in [-0.15, -0.1) is 21.5 Å². The van der Waals surface area contributed by atoms with E-state index >= 15 is 0 Å². The number of fused-ring (bicyclic) bond motifs is 8. The summed E-state index contributed by atoms with van der Waals surface area (Å²) in [4.78, 5) is 81.9. The van der Waals surface area contributed by atoms with Gasteiger partial charge in [-0.25, -0.2) is 33.9 Å². The van der Waals surface area contributed by atoms with E-state index in [-0.39, 0.29) is 30.5 Å². The molecule has 24 heteroatoms. The molecule has 0 bridgehead atoms. The van der Waals surface area contributed by atoms with Crippen molar-refractivity contribution >= 4 is 105 Å². The Bertz CT molecular complexity index is 6260. The minimum atomic E-state index is -1.18. The number of ether oxygens (including phenoxy) is 2. The van der Waals surface area contributed by atoms with Crippen LogP contribution >= 0.6 is 11.3 Å². The summed E-state index contributed by atoms with van der Waals surface area (Å²) in [7, 11) is 1.53. The molecule has 2 atom stereocenters. The normalized spacial score (nSPS) is 13.0. The summed E-state index contributed by atoms with van der Waals surface area (Å²) < 4.78 is 45.8. The van der Waals surface area contributed by atoms with E-state index in [4.69, 9.17) is 36.0 Å². The van der Waals surface area contributed by atoms with E-state index in [9.17, 15) is 34.2 Å². The van der Waals surface area contributed by atoms with Gasteiger partial charge in [0.15, 0.2) is 5.58 Å². The number of aryl methyl sites for hydroxylation is 1. The molecule has 0 spiro atoms. The fourth-order valence-corrected chi connectivity index (χ4v) is 14.8. The minimum Gasteiger partial charge on any atom is -0.507 e. The number of anilines is 2. The quantitative estimate of drug-likeness (QED) is 0.0596. The second kappa shape index (κ2) is 34.2. The molecule has 1 aliphatic heterocycles. The van der Waals surface area contributed by atoms with Crippen molar-refractivity contribution in [3.05, 3.63) is 259 Å². The molecule has 1 saturated heterocycles. The first kappa shape index (κ1) is 77.1. The Balaban J connectivity index is 0.000000131. The molecule has 0 radical (unpaired) electrons. The Morgan fingerprint density at radius 2 is 1.21 bits per heavy atom. The van der Waals surface area contributed by atoms with Crippen LogP contribution in [0.2, 0.25) is 0 Å². The summed E-state index contributed by atoms with van der Waals surface area (Å²) in [6, 6.07) is 57.3. The highest BCUT2D eigenvalue weighted by atomic mass is 32.1. The number of hydrogen-bond donors (Lipinski definition) is 2. The minimum absolute atomic E-state index is 0. The average molecular weight is 1520 g/mol. The van der Waals surface area contributed by atoms with E-state index in [0.717, 1.165) is 94.1 Å². The standard InChI is InChI=1S/C24H24N2O3S.C23H18O6.C20H18N4O3.C20H18N2O3.CH4/c1-2-16-7-5-6-12-26(16)14-18-20(27)11-10-15-13-17(24(28)29-22(15)18)23-25-19-8-3-4-9-21(19)30-23;1-13-19(28-21(22(24)25)14-6-4-3-5-7-14)11-10-17-16-9-8-15(27-2)12-18(16)23(26)29-20(13)17;1-3-24(4-2)15-8-7-13-10-16(20(25)26-17(13)11-15)19-23-22-18(27-19)14-6-5-9-21-12-14;1-3-22(4-2)14-10-9-13-11-15(20(23)25-18(13)12-14)19-21-16-7-5-6-8-17(16)24-19;/h3-4,8-11,13,16,27H,2,5-7,12,14H2,1H3;3-12,21H,1-2H3,(H,24,25);5-12H,3-4H2,1-2H3;5-12H,3-4H2,1-2H3;1H4. The molecule has 0 aliphatic carbocycles. The number of methoxy groups -OCH3 is 1. The van der Waals surface area contributed by atoms with Crippen molar-refractivity contribution in [1.29, 1.82) is 0 Å². The number of oxazole rings is 1. The van der Waals surface area contributed by atoms with Crippen LogP contribution in [0.1, 0.15) is 90.5 Å². The number of thiazole rings is 1. The lowest BCUT2D eigenvalue weighted by Gasteiger charge is -2.35. The first-order valence-electron chi connectivity index (χ1n) is 36.6. The molecule has 1 fully saturated rings. The molecule has 9 heterocycles. The number of aromatic hydroxyl groups is 1. The number of pyridine rings is 1. The first-order chi connectivity index (χ1) is 54.0. The molecule has 2 unspecified atom stereocenters. The fraction of sp³-hybridized carbons (Fsp3) is 0.227. The van der Waals surface area contributed by atoms with Gasteiger partial charge in [-0.2, -0.15) is 0 Å². The first-order valence-corrected chi connectivity index (χ1v) is 37.5. The number of hydrogen-bond acceptors (Lipinski definition) is 23. The van der Waals surface area contributed by atoms with E-state index in [2.05, 4.69) is 74.5 Å². The van der Waals surface area contributed by atoms with Crippen molar-refractivity contribution in [2.75, 3.05) is 49.6 Å². The largest absolute Gasteiger partial charge is 0.507 e. The number of phenolic OH excluding ortho intramolecular Hbond substituents is 1. The fourth-order valence-electron chi connectivity index (χ4n) is 13.8. The van der Waals surface area contributed by atoms with Gasteiger partial charge < -0.3 is 56.0 Å². The number of carboxylic acid groups (broad SMARTS) is 1. The van der Waals surface area contributed by atoms with Crippen LogP contribution in [0.3, 0.4) is 0 Å². The molecule has 8 aromatic carbocycles. The van der Waals surface area contributed by atoms with Crippen LogP contribution in [-0.2, 0) is 11.3 Å². The maximum absolute atomic E-state index is 12.9. The summed E-state index contributed by atoms with van der Waals surface area (Å²) in [6.45, 7) is 17.4. The van der Waals surface area contributed by atoms with Crippen LogP contribution < -0.4 is 41.8 Å². The number of nitrogens with zero attached hydrogens (tertiary/aromatic N) is 8. The highest BCUT2D eigenvalue weighted by Gasteiger charge is 2.27. The topological polar surface area (TPSA) is 297 Å². The Kier molecular flexibility index (Phi) is 23.6. The van der Waals surface area contributed by atoms with Crippen LogP contribution in [0.25, 0.3) is 121 Å². The zero-order valence-corrected chi connectivity index (χ0v) is 62.8. The second-order valence-corrected chi connectivity index (χ2v) is 27.4. The highest BCUT2D eigenvalue weighted by molar-refractivity contribution is 7.21. The molecule has 8 aromatic heterocycles. The van der Waals surface area contributed by atoms with Gasteiger partial charge >= 0.3 is 28.5 Å². The summed E-state index contributed by atoms with van der Waals surface area (Å²) >= 11 is 1.48. The number of rotatable bonds is 18. The Morgan fingerprint density at radius 3 is 1.86 bits per heavy atom. The molecule has 2 N–H and O–H groups in total. The Labute approximate surface area is 646 Å². The van der Waals surface area contributed by atoms with Gasteiger partial charge in [0.05, 0.1) is 39.4 Å². The summed E-state index contributed by atoms with van der Waals surface area (Å²) in [5, 5.41) is 33.2.